The largest absolute Gasteiger partial charge is 0.495 e. The summed E-state index contributed by atoms with van der Waals surface area (Å²) < 4.78 is 6.67. The second-order valence-electron chi connectivity index (χ2n) is 7.47. The molecular formula is C24H23N3O3S. The molecule has 0 saturated carbocycles. The molecule has 0 aliphatic carbocycles. The third kappa shape index (κ3) is 3.84. The van der Waals surface area contributed by atoms with Gasteiger partial charge in [-0.05, 0) is 44.0 Å². The third-order valence-corrected chi connectivity index (χ3v) is 6.24. The topological polar surface area (TPSA) is 73.2 Å². The summed E-state index contributed by atoms with van der Waals surface area (Å²) in [6.45, 7) is 5.76. The third-order valence-electron chi connectivity index (χ3n) is 5.35. The normalized spacial score (nSPS) is 12.0. The maximum atomic E-state index is 13.4. The van der Waals surface area contributed by atoms with Gasteiger partial charge in [0, 0.05) is 10.9 Å². The standard InChI is InChI=1S/C24H23N3O3S/c1-14-9-10-17(15(2)11-14)18-12-31-23-21(18)24(29)27(13-25-23)16(3)22(28)26-19-7-5-6-8-20(19)30-4/h5-13,16H,1-4H3,(H,26,28). The molecule has 2 aromatic heterocycles. The van der Waals surface area contributed by atoms with Crippen molar-refractivity contribution in [2.45, 2.75) is 26.8 Å². The van der Waals surface area contributed by atoms with Crippen LogP contribution in [-0.2, 0) is 4.79 Å². The number of aromatic nitrogens is 2. The fraction of sp³-hybridized carbons (Fsp3) is 0.208. The molecule has 0 bridgehead atoms. The van der Waals surface area contributed by atoms with Crippen LogP contribution in [0.4, 0.5) is 5.69 Å². The zero-order chi connectivity index (χ0) is 22.1. The molecular weight excluding hydrogens is 410 g/mol. The highest BCUT2D eigenvalue weighted by molar-refractivity contribution is 7.17. The van der Waals surface area contributed by atoms with Crippen molar-refractivity contribution in [1.82, 2.24) is 9.55 Å². The number of nitrogens with one attached hydrogen (secondary N) is 1. The van der Waals surface area contributed by atoms with Crippen LogP contribution in [0.2, 0.25) is 0 Å². The number of nitrogens with zero attached hydrogens (tertiary/aromatic N) is 2. The van der Waals surface area contributed by atoms with Gasteiger partial charge in [0.15, 0.2) is 0 Å². The lowest BCUT2D eigenvalue weighted by molar-refractivity contribution is -0.118. The molecule has 1 N–H and O–H groups in total. The van der Waals surface area contributed by atoms with Crippen molar-refractivity contribution in [3.05, 3.63) is 75.7 Å². The first-order valence-corrected chi connectivity index (χ1v) is 10.8. The van der Waals surface area contributed by atoms with Crippen LogP contribution >= 0.6 is 11.3 Å². The first-order chi connectivity index (χ1) is 14.9. The van der Waals surface area contributed by atoms with Crippen LogP contribution in [0.5, 0.6) is 5.75 Å². The van der Waals surface area contributed by atoms with Gasteiger partial charge in [-0.2, -0.15) is 0 Å². The van der Waals surface area contributed by atoms with Gasteiger partial charge in [0.2, 0.25) is 5.91 Å². The minimum absolute atomic E-state index is 0.232. The number of thiophene rings is 1. The molecule has 2 aromatic carbocycles. The minimum Gasteiger partial charge on any atom is -0.495 e. The summed E-state index contributed by atoms with van der Waals surface area (Å²) in [6.07, 6.45) is 1.44. The molecule has 0 aliphatic rings. The van der Waals surface area contributed by atoms with Gasteiger partial charge in [0.1, 0.15) is 16.6 Å². The first kappa shape index (κ1) is 20.8. The molecule has 2 heterocycles. The number of para-hydroxylation sites is 2. The quantitative estimate of drug-likeness (QED) is 0.483. The van der Waals surface area contributed by atoms with E-state index in [9.17, 15) is 9.59 Å². The van der Waals surface area contributed by atoms with Crippen molar-refractivity contribution in [2.75, 3.05) is 12.4 Å². The Morgan fingerprint density at radius 1 is 1.16 bits per heavy atom. The molecule has 31 heavy (non-hydrogen) atoms. The fourth-order valence-electron chi connectivity index (χ4n) is 3.65. The average molecular weight is 434 g/mol. The van der Waals surface area contributed by atoms with Crippen LogP contribution in [0.1, 0.15) is 24.1 Å². The molecule has 4 rings (SSSR count). The number of ether oxygens (including phenoxy) is 1. The summed E-state index contributed by atoms with van der Waals surface area (Å²) >= 11 is 1.43. The number of carbonyl (C=O) groups excluding carboxylic acids is 1. The lowest BCUT2D eigenvalue weighted by atomic mass is 9.99. The molecule has 0 fully saturated rings. The Balaban J connectivity index is 1.74. The number of benzene rings is 2. The number of rotatable bonds is 5. The number of amides is 1. The number of methoxy groups -OCH3 is 1. The molecule has 0 spiro atoms. The molecule has 1 amide bonds. The molecule has 1 atom stereocenters. The van der Waals surface area contributed by atoms with Crippen LogP contribution in [0.3, 0.4) is 0 Å². The second kappa shape index (κ2) is 8.35. The number of hydrogen-bond acceptors (Lipinski definition) is 5. The van der Waals surface area contributed by atoms with Crippen molar-refractivity contribution in [1.29, 1.82) is 0 Å². The van der Waals surface area contributed by atoms with Gasteiger partial charge >= 0.3 is 0 Å². The van der Waals surface area contributed by atoms with Gasteiger partial charge in [-0.3, -0.25) is 14.2 Å². The van der Waals surface area contributed by atoms with Crippen molar-refractivity contribution < 1.29 is 9.53 Å². The van der Waals surface area contributed by atoms with Crippen LogP contribution in [0.25, 0.3) is 21.3 Å². The predicted octanol–water partition coefficient (Wildman–Crippen LogP) is 4.95. The van der Waals surface area contributed by atoms with Crippen LogP contribution in [-0.4, -0.2) is 22.6 Å². The predicted molar refractivity (Wildman–Crippen MR) is 125 cm³/mol. The lowest BCUT2D eigenvalue weighted by Crippen LogP contribution is -2.31. The summed E-state index contributed by atoms with van der Waals surface area (Å²) in [5, 5.41) is 5.34. The Kier molecular flexibility index (Phi) is 5.61. The van der Waals surface area contributed by atoms with Gasteiger partial charge in [0.25, 0.3) is 5.56 Å². The lowest BCUT2D eigenvalue weighted by Gasteiger charge is -2.16. The highest BCUT2D eigenvalue weighted by Crippen LogP contribution is 2.33. The van der Waals surface area contributed by atoms with E-state index in [1.165, 1.54) is 22.2 Å². The summed E-state index contributed by atoms with van der Waals surface area (Å²) in [6, 6.07) is 12.6. The molecule has 158 valence electrons. The van der Waals surface area contributed by atoms with E-state index >= 15 is 0 Å². The highest BCUT2D eigenvalue weighted by atomic mass is 32.1. The minimum atomic E-state index is -0.749. The molecule has 0 radical (unpaired) electrons. The smallest absolute Gasteiger partial charge is 0.263 e. The molecule has 0 aliphatic heterocycles. The Hall–Kier alpha value is -3.45. The Morgan fingerprint density at radius 2 is 1.94 bits per heavy atom. The fourth-order valence-corrected chi connectivity index (χ4v) is 4.54. The number of carbonyl (C=O) groups is 1. The molecule has 4 aromatic rings. The Labute approximate surface area is 184 Å². The first-order valence-electron chi connectivity index (χ1n) is 9.90. The number of aryl methyl sites for hydroxylation is 2. The van der Waals surface area contributed by atoms with Crippen molar-refractivity contribution in [2.24, 2.45) is 0 Å². The summed E-state index contributed by atoms with van der Waals surface area (Å²) in [5.41, 5.74) is 4.43. The van der Waals surface area contributed by atoms with Gasteiger partial charge in [0.05, 0.1) is 24.5 Å². The number of fused-ring (bicyclic) bond motifs is 1. The van der Waals surface area contributed by atoms with E-state index in [4.69, 9.17) is 4.74 Å². The summed E-state index contributed by atoms with van der Waals surface area (Å²) in [7, 11) is 1.54. The SMILES string of the molecule is COc1ccccc1NC(=O)C(C)n1cnc2scc(-c3ccc(C)cc3C)c2c1=O. The van der Waals surface area contributed by atoms with Gasteiger partial charge in [-0.1, -0.05) is 35.9 Å². The van der Waals surface area contributed by atoms with Crippen molar-refractivity contribution >= 4 is 33.1 Å². The Bertz CT molecular complexity index is 1340. The van der Waals surface area contributed by atoms with E-state index in [1.54, 1.807) is 26.2 Å². The average Bonchev–Trinajstić information content (AvgIpc) is 3.18. The zero-order valence-electron chi connectivity index (χ0n) is 17.8. The number of hydrogen-bond donors (Lipinski definition) is 1. The van der Waals surface area contributed by atoms with Crippen molar-refractivity contribution in [3.63, 3.8) is 0 Å². The Morgan fingerprint density at radius 3 is 2.68 bits per heavy atom. The maximum absolute atomic E-state index is 13.4. The van der Waals surface area contributed by atoms with E-state index in [0.717, 1.165) is 22.3 Å². The van der Waals surface area contributed by atoms with E-state index in [2.05, 4.69) is 16.4 Å². The van der Waals surface area contributed by atoms with Crippen molar-refractivity contribution in [3.8, 4) is 16.9 Å². The molecule has 6 nitrogen and oxygen atoms in total. The zero-order valence-corrected chi connectivity index (χ0v) is 18.6. The number of anilines is 1. The van der Waals surface area contributed by atoms with E-state index < -0.39 is 6.04 Å². The van der Waals surface area contributed by atoms with Gasteiger partial charge in [-0.25, -0.2) is 4.98 Å². The van der Waals surface area contributed by atoms with Crippen LogP contribution < -0.4 is 15.6 Å². The van der Waals surface area contributed by atoms with Crippen LogP contribution in [0, 0.1) is 13.8 Å². The van der Waals surface area contributed by atoms with Gasteiger partial charge < -0.3 is 10.1 Å². The summed E-state index contributed by atoms with van der Waals surface area (Å²) in [5.74, 6) is 0.231. The summed E-state index contributed by atoms with van der Waals surface area (Å²) in [4.78, 5) is 31.4. The molecule has 1 unspecified atom stereocenters. The maximum Gasteiger partial charge on any atom is 0.263 e. The monoisotopic (exact) mass is 433 g/mol. The van der Waals surface area contributed by atoms with Crippen LogP contribution in [0.15, 0.2) is 59.0 Å². The molecule has 7 heteroatoms. The van der Waals surface area contributed by atoms with E-state index in [-0.39, 0.29) is 11.5 Å². The van der Waals surface area contributed by atoms with E-state index in [1.807, 2.05) is 43.5 Å². The molecule has 0 saturated heterocycles. The van der Waals surface area contributed by atoms with Gasteiger partial charge in [-0.15, -0.1) is 11.3 Å². The van der Waals surface area contributed by atoms with E-state index in [0.29, 0.717) is 21.7 Å². The second-order valence-corrected chi connectivity index (χ2v) is 8.33. The highest BCUT2D eigenvalue weighted by Gasteiger charge is 2.21.